The highest BCUT2D eigenvalue weighted by Crippen LogP contribution is 2.33. The summed E-state index contributed by atoms with van der Waals surface area (Å²) < 4.78 is 0. The number of hydrogen-bond acceptors (Lipinski definition) is 1. The van der Waals surface area contributed by atoms with Crippen LogP contribution in [0.25, 0.3) is 10.8 Å². The number of rotatable bonds is 6. The number of aromatic hydroxyl groups is 1. The number of hydrogen-bond donors (Lipinski definition) is 1. The SMILES string of the molecule is Oc1c(CCc2ccccc2)c(CCc2ccccc2)cc2ccccc12. The van der Waals surface area contributed by atoms with Crippen molar-refractivity contribution in [2.24, 2.45) is 0 Å². The molecule has 4 rings (SSSR count). The Bertz CT molecular complexity index is 1020. The van der Waals surface area contributed by atoms with Gasteiger partial charge in [0, 0.05) is 5.39 Å². The molecule has 1 N–H and O–H groups in total. The molecule has 0 saturated carbocycles. The predicted molar refractivity (Wildman–Crippen MR) is 113 cm³/mol. The van der Waals surface area contributed by atoms with E-state index in [1.54, 1.807) is 0 Å². The lowest BCUT2D eigenvalue weighted by Gasteiger charge is -2.15. The molecule has 4 aromatic carbocycles. The van der Waals surface area contributed by atoms with Gasteiger partial charge in [-0.05, 0) is 53.3 Å². The molecule has 0 aliphatic carbocycles. The Morgan fingerprint density at radius 3 is 1.78 bits per heavy atom. The van der Waals surface area contributed by atoms with E-state index in [0.29, 0.717) is 5.75 Å². The maximum absolute atomic E-state index is 11.0. The summed E-state index contributed by atoms with van der Waals surface area (Å²) in [5.74, 6) is 0.451. The van der Waals surface area contributed by atoms with Crippen molar-refractivity contribution in [1.82, 2.24) is 0 Å². The smallest absolute Gasteiger partial charge is 0.126 e. The van der Waals surface area contributed by atoms with Gasteiger partial charge in [-0.15, -0.1) is 0 Å². The molecule has 0 unspecified atom stereocenters. The maximum Gasteiger partial charge on any atom is 0.126 e. The van der Waals surface area contributed by atoms with Gasteiger partial charge in [0.15, 0.2) is 0 Å². The lowest BCUT2D eigenvalue weighted by atomic mass is 9.91. The van der Waals surface area contributed by atoms with Crippen LogP contribution in [0.3, 0.4) is 0 Å². The molecule has 0 radical (unpaired) electrons. The van der Waals surface area contributed by atoms with Crippen molar-refractivity contribution in [2.75, 3.05) is 0 Å². The average molecular weight is 352 g/mol. The van der Waals surface area contributed by atoms with Crippen molar-refractivity contribution < 1.29 is 5.11 Å². The zero-order valence-corrected chi connectivity index (χ0v) is 15.4. The molecule has 1 heteroatoms. The standard InChI is InChI=1S/C26H24O/c27-26-24-14-8-7-13-22(24)19-23(17-15-20-9-3-1-4-10-20)25(26)18-16-21-11-5-2-6-12-21/h1-14,19,27H,15-18H2. The monoisotopic (exact) mass is 352 g/mol. The third-order valence-electron chi connectivity index (χ3n) is 5.25. The van der Waals surface area contributed by atoms with Gasteiger partial charge in [0.25, 0.3) is 0 Å². The summed E-state index contributed by atoms with van der Waals surface area (Å²) in [6.45, 7) is 0. The number of benzene rings is 4. The molecule has 0 heterocycles. The molecule has 0 aromatic heterocycles. The Labute approximate surface area is 160 Å². The van der Waals surface area contributed by atoms with E-state index in [0.717, 1.165) is 42.0 Å². The molecule has 134 valence electrons. The van der Waals surface area contributed by atoms with Gasteiger partial charge >= 0.3 is 0 Å². The van der Waals surface area contributed by atoms with Crippen LogP contribution in [0.5, 0.6) is 5.75 Å². The number of phenols is 1. The highest BCUT2D eigenvalue weighted by atomic mass is 16.3. The largest absolute Gasteiger partial charge is 0.507 e. The van der Waals surface area contributed by atoms with Crippen LogP contribution >= 0.6 is 0 Å². The molecule has 0 aliphatic rings. The van der Waals surface area contributed by atoms with Crippen molar-refractivity contribution in [3.63, 3.8) is 0 Å². The molecule has 0 saturated heterocycles. The van der Waals surface area contributed by atoms with Crippen molar-refractivity contribution >= 4 is 10.8 Å². The predicted octanol–water partition coefficient (Wildman–Crippen LogP) is 6.12. The number of fused-ring (bicyclic) bond motifs is 1. The Morgan fingerprint density at radius 2 is 1.11 bits per heavy atom. The molecule has 0 amide bonds. The van der Waals surface area contributed by atoms with Crippen LogP contribution in [-0.2, 0) is 25.7 Å². The van der Waals surface area contributed by atoms with Gasteiger partial charge in [0.2, 0.25) is 0 Å². The summed E-state index contributed by atoms with van der Waals surface area (Å²) in [6, 6.07) is 31.5. The number of aryl methyl sites for hydroxylation is 3. The molecule has 0 spiro atoms. The Kier molecular flexibility index (Phi) is 5.20. The zero-order valence-electron chi connectivity index (χ0n) is 15.4. The molecular formula is C26H24O. The van der Waals surface area contributed by atoms with Crippen LogP contribution in [0.2, 0.25) is 0 Å². The van der Waals surface area contributed by atoms with Gasteiger partial charge < -0.3 is 5.11 Å². The first-order valence-electron chi connectivity index (χ1n) is 9.61. The molecule has 0 aliphatic heterocycles. The second-order valence-corrected chi connectivity index (χ2v) is 7.06. The van der Waals surface area contributed by atoms with Crippen molar-refractivity contribution in [1.29, 1.82) is 0 Å². The van der Waals surface area contributed by atoms with Gasteiger partial charge in [-0.2, -0.15) is 0 Å². The fraction of sp³-hybridized carbons (Fsp3) is 0.154. The van der Waals surface area contributed by atoms with Crippen LogP contribution < -0.4 is 0 Å². The topological polar surface area (TPSA) is 20.2 Å². The second-order valence-electron chi connectivity index (χ2n) is 7.06. The fourth-order valence-corrected chi connectivity index (χ4v) is 3.77. The normalized spacial score (nSPS) is 11.0. The van der Waals surface area contributed by atoms with Crippen molar-refractivity contribution in [2.45, 2.75) is 25.7 Å². The zero-order chi connectivity index (χ0) is 18.5. The molecule has 4 aromatic rings. The second kappa shape index (κ2) is 8.09. The highest BCUT2D eigenvalue weighted by molar-refractivity contribution is 5.90. The van der Waals surface area contributed by atoms with E-state index in [-0.39, 0.29) is 0 Å². The molecule has 0 bridgehead atoms. The molecule has 27 heavy (non-hydrogen) atoms. The summed E-state index contributed by atoms with van der Waals surface area (Å²) in [7, 11) is 0. The Hall–Kier alpha value is -3.06. The minimum Gasteiger partial charge on any atom is -0.507 e. The molecule has 1 nitrogen and oxygen atoms in total. The summed E-state index contributed by atoms with van der Waals surface area (Å²) in [5.41, 5.74) is 4.98. The first-order valence-corrected chi connectivity index (χ1v) is 9.61. The molecule has 0 fully saturated rings. The minimum atomic E-state index is 0.451. The Balaban J connectivity index is 1.66. The minimum absolute atomic E-state index is 0.451. The van der Waals surface area contributed by atoms with Gasteiger partial charge in [0.05, 0.1) is 0 Å². The van der Waals surface area contributed by atoms with Gasteiger partial charge in [-0.25, -0.2) is 0 Å². The Morgan fingerprint density at radius 1 is 0.556 bits per heavy atom. The maximum atomic E-state index is 11.0. The quantitative estimate of drug-likeness (QED) is 0.443. The number of phenolic OH excluding ortho intramolecular Hbond substituents is 1. The molecular weight excluding hydrogens is 328 g/mol. The van der Waals surface area contributed by atoms with E-state index in [4.69, 9.17) is 0 Å². The van der Waals surface area contributed by atoms with Crippen LogP contribution in [0.4, 0.5) is 0 Å². The van der Waals surface area contributed by atoms with E-state index in [2.05, 4.69) is 66.7 Å². The summed E-state index contributed by atoms with van der Waals surface area (Å²) in [4.78, 5) is 0. The van der Waals surface area contributed by atoms with Crippen LogP contribution in [0.1, 0.15) is 22.3 Å². The van der Waals surface area contributed by atoms with Crippen molar-refractivity contribution in [3.8, 4) is 5.75 Å². The molecule has 0 atom stereocenters. The van der Waals surface area contributed by atoms with E-state index in [1.807, 2.05) is 24.3 Å². The van der Waals surface area contributed by atoms with E-state index >= 15 is 0 Å². The van der Waals surface area contributed by atoms with Crippen LogP contribution in [-0.4, -0.2) is 5.11 Å². The summed E-state index contributed by atoms with van der Waals surface area (Å²) in [5, 5.41) is 13.1. The highest BCUT2D eigenvalue weighted by Gasteiger charge is 2.13. The van der Waals surface area contributed by atoms with Crippen LogP contribution in [0.15, 0.2) is 91.0 Å². The first-order chi connectivity index (χ1) is 13.3. The lowest BCUT2D eigenvalue weighted by molar-refractivity contribution is 0.473. The summed E-state index contributed by atoms with van der Waals surface area (Å²) in [6.07, 6.45) is 3.71. The van der Waals surface area contributed by atoms with Gasteiger partial charge in [-0.3, -0.25) is 0 Å². The fourth-order valence-electron chi connectivity index (χ4n) is 3.77. The summed E-state index contributed by atoms with van der Waals surface area (Å²) >= 11 is 0. The van der Waals surface area contributed by atoms with Gasteiger partial charge in [-0.1, -0.05) is 91.0 Å². The third-order valence-corrected chi connectivity index (χ3v) is 5.25. The average Bonchev–Trinajstić information content (AvgIpc) is 2.73. The van der Waals surface area contributed by atoms with E-state index in [1.165, 1.54) is 16.7 Å². The van der Waals surface area contributed by atoms with E-state index in [9.17, 15) is 5.11 Å². The van der Waals surface area contributed by atoms with E-state index < -0.39 is 0 Å². The first kappa shape index (κ1) is 17.4. The van der Waals surface area contributed by atoms with Gasteiger partial charge in [0.1, 0.15) is 5.75 Å². The van der Waals surface area contributed by atoms with Crippen molar-refractivity contribution in [3.05, 3.63) is 113 Å². The lowest BCUT2D eigenvalue weighted by Crippen LogP contribution is -2.01. The third kappa shape index (κ3) is 4.03. The van der Waals surface area contributed by atoms with Crippen LogP contribution in [0, 0.1) is 0 Å².